The van der Waals surface area contributed by atoms with E-state index in [1.165, 1.54) is 11.3 Å². The van der Waals surface area contributed by atoms with Gasteiger partial charge in [0.25, 0.3) is 0 Å². The molecule has 8 heteroatoms. The van der Waals surface area contributed by atoms with Crippen LogP contribution in [0.15, 0.2) is 42.5 Å². The quantitative estimate of drug-likeness (QED) is 0.390. The summed E-state index contributed by atoms with van der Waals surface area (Å²) < 4.78 is 16.8. The number of fused-ring (bicyclic) bond motifs is 2. The number of benzene rings is 2. The minimum absolute atomic E-state index is 0.1000. The third-order valence-electron chi connectivity index (χ3n) is 6.42. The molecule has 5 rings (SSSR count). The number of nitrogens with zero attached hydrogens (tertiary/aromatic N) is 2. The molecule has 0 amide bonds. The Morgan fingerprint density at radius 3 is 2.37 bits per heavy atom. The molecule has 2 aromatic heterocycles. The maximum Gasteiger partial charge on any atom is 0.205 e. The van der Waals surface area contributed by atoms with Crippen molar-refractivity contribution in [3.8, 4) is 28.4 Å². The molecule has 0 spiro atoms. The van der Waals surface area contributed by atoms with Gasteiger partial charge in [-0.15, -0.1) is 11.3 Å². The summed E-state index contributed by atoms with van der Waals surface area (Å²) in [5.74, 6) is 1.53. The lowest BCUT2D eigenvalue weighted by Gasteiger charge is -2.27. The number of anilines is 1. The van der Waals surface area contributed by atoms with Crippen LogP contribution in [-0.4, -0.2) is 50.6 Å². The van der Waals surface area contributed by atoms with E-state index in [0.717, 1.165) is 52.1 Å². The SMILES string of the molecule is COc1cc(-c2c3c(nc4sc(C(=O)c5ccccc5)c(N)c24)CCN(C)C3)cc(OC)c1OC. The Balaban J connectivity index is 1.82. The van der Waals surface area contributed by atoms with Crippen LogP contribution in [0.25, 0.3) is 21.3 Å². The molecule has 0 saturated heterocycles. The van der Waals surface area contributed by atoms with Gasteiger partial charge < -0.3 is 24.8 Å². The summed E-state index contributed by atoms with van der Waals surface area (Å²) in [4.78, 5) is 21.9. The average Bonchev–Trinajstić information content (AvgIpc) is 3.22. The van der Waals surface area contributed by atoms with Gasteiger partial charge in [0.05, 0.1) is 27.0 Å². The number of aromatic nitrogens is 1. The van der Waals surface area contributed by atoms with Crippen molar-refractivity contribution in [3.63, 3.8) is 0 Å². The van der Waals surface area contributed by atoms with Crippen LogP contribution in [0.1, 0.15) is 26.5 Å². The van der Waals surface area contributed by atoms with Gasteiger partial charge in [0.1, 0.15) is 9.71 Å². The number of thiophene rings is 1. The van der Waals surface area contributed by atoms with E-state index >= 15 is 0 Å². The van der Waals surface area contributed by atoms with Gasteiger partial charge in [-0.3, -0.25) is 4.79 Å². The molecule has 2 aromatic carbocycles. The summed E-state index contributed by atoms with van der Waals surface area (Å²) in [7, 11) is 6.87. The average molecular weight is 490 g/mol. The fourth-order valence-electron chi connectivity index (χ4n) is 4.69. The highest BCUT2D eigenvalue weighted by Gasteiger charge is 2.28. The number of carbonyl (C=O) groups is 1. The van der Waals surface area contributed by atoms with Crippen molar-refractivity contribution >= 4 is 33.0 Å². The molecule has 4 aromatic rings. The van der Waals surface area contributed by atoms with Crippen LogP contribution in [-0.2, 0) is 13.0 Å². The Morgan fingerprint density at radius 1 is 1.06 bits per heavy atom. The molecule has 35 heavy (non-hydrogen) atoms. The Morgan fingerprint density at radius 2 is 1.74 bits per heavy atom. The van der Waals surface area contributed by atoms with E-state index in [9.17, 15) is 4.79 Å². The van der Waals surface area contributed by atoms with E-state index in [2.05, 4.69) is 11.9 Å². The number of nitrogen functional groups attached to an aromatic ring is 1. The first-order chi connectivity index (χ1) is 17.0. The lowest BCUT2D eigenvalue weighted by atomic mass is 9.91. The summed E-state index contributed by atoms with van der Waals surface area (Å²) in [6.45, 7) is 1.64. The first-order valence-corrected chi connectivity index (χ1v) is 12.1. The maximum atomic E-state index is 13.4. The topological polar surface area (TPSA) is 86.9 Å². The van der Waals surface area contributed by atoms with Crippen LogP contribution in [0.5, 0.6) is 17.2 Å². The molecule has 0 atom stereocenters. The van der Waals surface area contributed by atoms with Crippen molar-refractivity contribution < 1.29 is 19.0 Å². The predicted molar refractivity (Wildman–Crippen MR) is 139 cm³/mol. The molecular formula is C27H27N3O4S. The van der Waals surface area contributed by atoms with Crippen LogP contribution >= 0.6 is 11.3 Å². The van der Waals surface area contributed by atoms with E-state index in [-0.39, 0.29) is 5.78 Å². The highest BCUT2D eigenvalue weighted by Crippen LogP contribution is 2.48. The molecule has 3 heterocycles. The standard InChI is InChI=1S/C27H27N3O4S/c1-30-11-10-18-17(14-30)21(16-12-19(32-2)25(34-4)20(13-16)33-3)22-23(28)26(35-27(22)29-18)24(31)15-8-6-5-7-9-15/h5-9,12-13H,10-11,14,28H2,1-4H3. The maximum absolute atomic E-state index is 13.4. The van der Waals surface area contributed by atoms with Crippen molar-refractivity contribution in [1.29, 1.82) is 0 Å². The molecule has 0 fully saturated rings. The minimum Gasteiger partial charge on any atom is -0.493 e. The zero-order valence-electron chi connectivity index (χ0n) is 20.2. The van der Waals surface area contributed by atoms with Gasteiger partial charge in [0.2, 0.25) is 11.5 Å². The van der Waals surface area contributed by atoms with Crippen LogP contribution in [0, 0.1) is 0 Å². The number of nitrogens with two attached hydrogens (primary N) is 1. The predicted octanol–water partition coefficient (Wildman–Crippen LogP) is 4.79. The number of hydrogen-bond donors (Lipinski definition) is 1. The molecule has 2 N–H and O–H groups in total. The summed E-state index contributed by atoms with van der Waals surface area (Å²) in [6.07, 6.45) is 0.818. The van der Waals surface area contributed by atoms with Crippen LogP contribution in [0.4, 0.5) is 5.69 Å². The second-order valence-electron chi connectivity index (χ2n) is 8.53. The van der Waals surface area contributed by atoms with E-state index < -0.39 is 0 Å². The highest BCUT2D eigenvalue weighted by atomic mass is 32.1. The van der Waals surface area contributed by atoms with E-state index in [4.69, 9.17) is 24.9 Å². The number of rotatable bonds is 6. The molecule has 0 bridgehead atoms. The fourth-order valence-corrected chi connectivity index (χ4v) is 5.78. The van der Waals surface area contributed by atoms with Crippen molar-refractivity contribution in [1.82, 2.24) is 9.88 Å². The van der Waals surface area contributed by atoms with Gasteiger partial charge in [-0.2, -0.15) is 0 Å². The summed E-state index contributed by atoms with van der Waals surface area (Å²) in [6, 6.07) is 13.1. The van der Waals surface area contributed by atoms with Gasteiger partial charge in [0, 0.05) is 41.7 Å². The molecule has 1 aliphatic heterocycles. The van der Waals surface area contributed by atoms with E-state index in [1.54, 1.807) is 33.5 Å². The van der Waals surface area contributed by atoms with E-state index in [1.807, 2.05) is 30.3 Å². The van der Waals surface area contributed by atoms with Gasteiger partial charge >= 0.3 is 0 Å². The Kier molecular flexibility index (Phi) is 6.08. The second kappa shape index (κ2) is 9.20. The number of ketones is 1. The monoisotopic (exact) mass is 489 g/mol. The number of methoxy groups -OCH3 is 3. The third kappa shape index (κ3) is 3.88. The zero-order chi connectivity index (χ0) is 24.7. The van der Waals surface area contributed by atoms with Gasteiger partial charge in [-0.05, 0) is 30.3 Å². The summed E-state index contributed by atoms with van der Waals surface area (Å²) >= 11 is 1.35. The van der Waals surface area contributed by atoms with Crippen molar-refractivity contribution in [2.45, 2.75) is 13.0 Å². The lowest BCUT2D eigenvalue weighted by Crippen LogP contribution is -2.28. The van der Waals surface area contributed by atoms with Crippen LogP contribution in [0.3, 0.4) is 0 Å². The Hall–Kier alpha value is -3.62. The summed E-state index contributed by atoms with van der Waals surface area (Å²) in [5, 5.41) is 0.789. The molecule has 0 radical (unpaired) electrons. The van der Waals surface area contributed by atoms with E-state index in [0.29, 0.717) is 33.4 Å². The number of likely N-dealkylation sites (N-methyl/N-ethyl adjacent to an activating group) is 1. The number of ether oxygens (including phenoxy) is 3. The first kappa shape index (κ1) is 23.1. The number of hydrogen-bond acceptors (Lipinski definition) is 8. The molecule has 0 aliphatic carbocycles. The van der Waals surface area contributed by atoms with Crippen molar-refractivity contribution in [2.24, 2.45) is 0 Å². The zero-order valence-corrected chi connectivity index (χ0v) is 21.0. The molecule has 180 valence electrons. The molecule has 0 unspecified atom stereocenters. The molecule has 7 nitrogen and oxygen atoms in total. The Labute approximate surface area is 208 Å². The third-order valence-corrected chi connectivity index (χ3v) is 7.52. The highest BCUT2D eigenvalue weighted by molar-refractivity contribution is 7.21. The van der Waals surface area contributed by atoms with Gasteiger partial charge in [-0.25, -0.2) is 4.98 Å². The van der Waals surface area contributed by atoms with Gasteiger partial charge in [0.15, 0.2) is 11.5 Å². The van der Waals surface area contributed by atoms with Crippen LogP contribution < -0.4 is 19.9 Å². The lowest BCUT2D eigenvalue weighted by molar-refractivity contribution is 0.104. The Bertz CT molecular complexity index is 1410. The molecule has 1 aliphatic rings. The van der Waals surface area contributed by atoms with Crippen LogP contribution in [0.2, 0.25) is 0 Å². The first-order valence-electron chi connectivity index (χ1n) is 11.3. The number of carbonyl (C=O) groups excluding carboxylic acids is 1. The minimum atomic E-state index is -0.1000. The molecule has 0 saturated carbocycles. The smallest absolute Gasteiger partial charge is 0.205 e. The van der Waals surface area contributed by atoms with Crippen molar-refractivity contribution in [2.75, 3.05) is 40.7 Å². The normalized spacial score (nSPS) is 13.5. The van der Waals surface area contributed by atoms with Crippen molar-refractivity contribution in [3.05, 3.63) is 64.2 Å². The largest absolute Gasteiger partial charge is 0.493 e. The summed E-state index contributed by atoms with van der Waals surface area (Å²) in [5.41, 5.74) is 11.7. The molecular weight excluding hydrogens is 462 g/mol. The van der Waals surface area contributed by atoms with Gasteiger partial charge in [-0.1, -0.05) is 30.3 Å². The number of pyridine rings is 1. The fraction of sp³-hybridized carbons (Fsp3) is 0.259. The second-order valence-corrected chi connectivity index (χ2v) is 9.53.